The number of benzene rings is 1. The first-order chi connectivity index (χ1) is 11.3. The molecule has 1 aromatic rings. The molecule has 0 unspecified atom stereocenters. The van der Waals surface area contributed by atoms with Gasteiger partial charge in [-0.2, -0.15) is 0 Å². The van der Waals surface area contributed by atoms with Gasteiger partial charge in [0.15, 0.2) is 11.5 Å². The SMILES string of the molecule is COc1cccc([C@@H](C2CCCCC2)N2CCNCC2)c1OC. The van der Waals surface area contributed by atoms with Crippen LogP contribution in [0.2, 0.25) is 0 Å². The van der Waals surface area contributed by atoms with E-state index in [9.17, 15) is 0 Å². The van der Waals surface area contributed by atoms with Gasteiger partial charge in [0, 0.05) is 37.8 Å². The molecule has 23 heavy (non-hydrogen) atoms. The molecular formula is C19H30N2O2. The van der Waals surface area contributed by atoms with Gasteiger partial charge < -0.3 is 14.8 Å². The molecule has 1 saturated heterocycles. The molecule has 3 rings (SSSR count). The van der Waals surface area contributed by atoms with E-state index in [1.807, 2.05) is 6.07 Å². The van der Waals surface area contributed by atoms with E-state index in [-0.39, 0.29) is 0 Å². The molecule has 0 bridgehead atoms. The first-order valence-corrected chi connectivity index (χ1v) is 9.01. The van der Waals surface area contributed by atoms with Crippen LogP contribution in [0.5, 0.6) is 11.5 Å². The quantitative estimate of drug-likeness (QED) is 0.904. The lowest BCUT2D eigenvalue weighted by Crippen LogP contribution is -2.47. The Morgan fingerprint density at radius 2 is 1.78 bits per heavy atom. The molecule has 1 aromatic carbocycles. The number of hydrogen-bond acceptors (Lipinski definition) is 4. The summed E-state index contributed by atoms with van der Waals surface area (Å²) in [5, 5.41) is 3.48. The molecule has 1 aliphatic heterocycles. The van der Waals surface area contributed by atoms with Gasteiger partial charge in [-0.15, -0.1) is 0 Å². The Labute approximate surface area is 140 Å². The number of piperazine rings is 1. The highest BCUT2D eigenvalue weighted by Crippen LogP contribution is 2.44. The van der Waals surface area contributed by atoms with E-state index in [0.29, 0.717) is 6.04 Å². The van der Waals surface area contributed by atoms with E-state index < -0.39 is 0 Å². The Balaban J connectivity index is 1.96. The summed E-state index contributed by atoms with van der Waals surface area (Å²) in [4.78, 5) is 2.66. The van der Waals surface area contributed by atoms with Crippen molar-refractivity contribution in [3.63, 3.8) is 0 Å². The lowest BCUT2D eigenvalue weighted by Gasteiger charge is -2.41. The summed E-state index contributed by atoms with van der Waals surface area (Å²) in [6, 6.07) is 6.79. The zero-order valence-electron chi connectivity index (χ0n) is 14.5. The Morgan fingerprint density at radius 3 is 2.43 bits per heavy atom. The van der Waals surface area contributed by atoms with Crippen molar-refractivity contribution in [2.45, 2.75) is 38.1 Å². The molecule has 0 amide bonds. The number of hydrogen-bond donors (Lipinski definition) is 1. The first-order valence-electron chi connectivity index (χ1n) is 9.01. The average molecular weight is 318 g/mol. The van der Waals surface area contributed by atoms with Crippen LogP contribution in [0.1, 0.15) is 43.7 Å². The van der Waals surface area contributed by atoms with Crippen LogP contribution in [0.3, 0.4) is 0 Å². The summed E-state index contributed by atoms with van der Waals surface area (Å²) >= 11 is 0. The van der Waals surface area contributed by atoms with Crippen LogP contribution in [-0.2, 0) is 0 Å². The number of methoxy groups -OCH3 is 2. The van der Waals surface area contributed by atoms with Crippen molar-refractivity contribution < 1.29 is 9.47 Å². The summed E-state index contributed by atoms with van der Waals surface area (Å²) in [7, 11) is 3.49. The van der Waals surface area contributed by atoms with Crippen molar-refractivity contribution in [3.8, 4) is 11.5 Å². The number of rotatable bonds is 5. The molecule has 0 aromatic heterocycles. The fourth-order valence-electron chi connectivity index (χ4n) is 4.30. The predicted octanol–water partition coefficient (Wildman–Crippen LogP) is 3.23. The number of ether oxygens (including phenoxy) is 2. The standard InChI is InChI=1S/C19H30N2O2/c1-22-17-10-6-9-16(19(17)23-2)18(15-7-4-3-5-8-15)21-13-11-20-12-14-21/h6,9-10,15,18,20H,3-5,7-8,11-14H2,1-2H3/t18-/m1/s1. The second-order valence-corrected chi connectivity index (χ2v) is 6.71. The number of nitrogens with zero attached hydrogens (tertiary/aromatic N) is 1. The van der Waals surface area contributed by atoms with Crippen molar-refractivity contribution >= 4 is 0 Å². The van der Waals surface area contributed by atoms with Gasteiger partial charge in [0.25, 0.3) is 0 Å². The van der Waals surface area contributed by atoms with Crippen molar-refractivity contribution in [1.29, 1.82) is 0 Å². The van der Waals surface area contributed by atoms with Gasteiger partial charge in [-0.3, -0.25) is 4.90 Å². The second-order valence-electron chi connectivity index (χ2n) is 6.71. The summed E-state index contributed by atoms with van der Waals surface area (Å²) in [6.07, 6.45) is 6.77. The van der Waals surface area contributed by atoms with Gasteiger partial charge in [0.05, 0.1) is 14.2 Å². The largest absolute Gasteiger partial charge is 0.493 e. The molecular weight excluding hydrogens is 288 g/mol. The lowest BCUT2D eigenvalue weighted by atomic mass is 9.79. The molecule has 4 heteroatoms. The van der Waals surface area contributed by atoms with Gasteiger partial charge in [-0.1, -0.05) is 31.4 Å². The minimum atomic E-state index is 0.447. The fraction of sp³-hybridized carbons (Fsp3) is 0.684. The van der Waals surface area contributed by atoms with E-state index in [1.54, 1.807) is 14.2 Å². The molecule has 2 aliphatic rings. The third-order valence-electron chi connectivity index (χ3n) is 5.39. The lowest BCUT2D eigenvalue weighted by molar-refractivity contribution is 0.101. The normalized spacial score (nSPS) is 21.8. The van der Waals surface area contributed by atoms with Gasteiger partial charge >= 0.3 is 0 Å². The third kappa shape index (κ3) is 3.64. The third-order valence-corrected chi connectivity index (χ3v) is 5.39. The molecule has 1 saturated carbocycles. The maximum Gasteiger partial charge on any atom is 0.165 e. The van der Waals surface area contributed by atoms with Crippen LogP contribution in [0.25, 0.3) is 0 Å². The van der Waals surface area contributed by atoms with Crippen molar-refractivity contribution in [2.24, 2.45) is 5.92 Å². The topological polar surface area (TPSA) is 33.7 Å². The van der Waals surface area contributed by atoms with E-state index in [1.165, 1.54) is 37.7 Å². The smallest absolute Gasteiger partial charge is 0.165 e. The highest BCUT2D eigenvalue weighted by Gasteiger charge is 2.33. The van der Waals surface area contributed by atoms with Crippen LogP contribution in [0, 0.1) is 5.92 Å². The van der Waals surface area contributed by atoms with Crippen LogP contribution in [-0.4, -0.2) is 45.3 Å². The first kappa shape index (κ1) is 16.6. The van der Waals surface area contributed by atoms with Crippen molar-refractivity contribution in [2.75, 3.05) is 40.4 Å². The summed E-state index contributed by atoms with van der Waals surface area (Å²) in [5.41, 5.74) is 1.31. The Kier molecular flexibility index (Phi) is 5.79. The summed E-state index contributed by atoms with van der Waals surface area (Å²) in [5.74, 6) is 2.49. The van der Waals surface area contributed by atoms with E-state index >= 15 is 0 Å². The monoisotopic (exact) mass is 318 g/mol. The predicted molar refractivity (Wildman–Crippen MR) is 93.3 cm³/mol. The van der Waals surface area contributed by atoms with Crippen LogP contribution < -0.4 is 14.8 Å². The van der Waals surface area contributed by atoms with Gasteiger partial charge in [-0.25, -0.2) is 0 Å². The summed E-state index contributed by atoms with van der Waals surface area (Å²) in [6.45, 7) is 4.38. The molecule has 1 N–H and O–H groups in total. The number of nitrogens with one attached hydrogen (secondary N) is 1. The Morgan fingerprint density at radius 1 is 1.04 bits per heavy atom. The maximum absolute atomic E-state index is 5.76. The molecule has 2 fully saturated rings. The Bertz CT molecular complexity index is 476. The van der Waals surface area contributed by atoms with Crippen LogP contribution in [0.4, 0.5) is 0 Å². The minimum Gasteiger partial charge on any atom is -0.493 e. The van der Waals surface area contributed by atoms with E-state index in [0.717, 1.165) is 43.6 Å². The van der Waals surface area contributed by atoms with Crippen LogP contribution in [0.15, 0.2) is 18.2 Å². The molecule has 0 spiro atoms. The zero-order chi connectivity index (χ0) is 16.1. The second kappa shape index (κ2) is 8.02. The molecule has 128 valence electrons. The highest BCUT2D eigenvalue weighted by molar-refractivity contribution is 5.48. The molecule has 1 atom stereocenters. The zero-order valence-corrected chi connectivity index (χ0v) is 14.5. The van der Waals surface area contributed by atoms with Gasteiger partial charge in [0.1, 0.15) is 0 Å². The Hall–Kier alpha value is -1.26. The average Bonchev–Trinajstić information content (AvgIpc) is 2.63. The van der Waals surface area contributed by atoms with E-state index in [4.69, 9.17) is 9.47 Å². The molecule has 0 radical (unpaired) electrons. The number of para-hydroxylation sites is 1. The highest BCUT2D eigenvalue weighted by atomic mass is 16.5. The molecule has 4 nitrogen and oxygen atoms in total. The summed E-state index contributed by atoms with van der Waals surface area (Å²) < 4.78 is 11.3. The van der Waals surface area contributed by atoms with Crippen molar-refractivity contribution in [1.82, 2.24) is 10.2 Å². The maximum atomic E-state index is 5.76. The fourth-order valence-corrected chi connectivity index (χ4v) is 4.30. The van der Waals surface area contributed by atoms with Gasteiger partial charge in [0.2, 0.25) is 0 Å². The van der Waals surface area contributed by atoms with Crippen molar-refractivity contribution in [3.05, 3.63) is 23.8 Å². The minimum absolute atomic E-state index is 0.447. The molecule has 1 heterocycles. The van der Waals surface area contributed by atoms with E-state index in [2.05, 4.69) is 22.3 Å². The van der Waals surface area contributed by atoms with Gasteiger partial charge in [-0.05, 0) is 24.8 Å². The molecule has 1 aliphatic carbocycles. The van der Waals surface area contributed by atoms with Crippen LogP contribution >= 0.6 is 0 Å².